The fraction of sp³-hybridized carbons (Fsp3) is 0.176. The van der Waals surface area contributed by atoms with Crippen molar-refractivity contribution >= 4 is 11.8 Å². The maximum absolute atomic E-state index is 13.2. The minimum absolute atomic E-state index is 0.163. The molecule has 0 saturated carbocycles. The number of nitrogens with zero attached hydrogens (tertiary/aromatic N) is 6. The Labute approximate surface area is 155 Å². The molecule has 2 aromatic heterocycles. The van der Waals surface area contributed by atoms with E-state index in [1.807, 2.05) is 0 Å². The highest BCUT2D eigenvalue weighted by molar-refractivity contribution is 6.21. The minimum atomic E-state index is -4.82. The molecule has 1 atom stereocenters. The molecule has 0 saturated heterocycles. The van der Waals surface area contributed by atoms with Gasteiger partial charge in [0.25, 0.3) is 23.6 Å². The molecule has 2 amide bonds. The average molecular weight is 388 g/mol. The molecule has 3 heterocycles. The molecule has 8 nitrogen and oxygen atoms in total. The lowest BCUT2D eigenvalue weighted by Gasteiger charge is -2.21. The first-order valence-electron chi connectivity index (χ1n) is 8.07. The molecule has 0 aliphatic carbocycles. The van der Waals surface area contributed by atoms with E-state index in [1.54, 1.807) is 12.1 Å². The van der Waals surface area contributed by atoms with E-state index in [4.69, 9.17) is 0 Å². The Morgan fingerprint density at radius 3 is 2.07 bits per heavy atom. The smallest absolute Gasteiger partial charge is 0.269 e. The van der Waals surface area contributed by atoms with Crippen LogP contribution in [0.3, 0.4) is 0 Å². The third kappa shape index (κ3) is 2.71. The van der Waals surface area contributed by atoms with E-state index >= 15 is 0 Å². The van der Waals surface area contributed by atoms with Gasteiger partial charge in [-0.25, -0.2) is 15.0 Å². The Hall–Kier alpha value is -3.63. The SMILES string of the molecule is CC(c1nc(C(F)(F)F)nn1-c1ncccn1)N1C(=O)c2ccccc2C1=O. The van der Waals surface area contributed by atoms with Crippen molar-refractivity contribution in [3.8, 4) is 5.95 Å². The Morgan fingerprint density at radius 2 is 1.54 bits per heavy atom. The van der Waals surface area contributed by atoms with Crippen LogP contribution in [0, 0.1) is 0 Å². The van der Waals surface area contributed by atoms with Gasteiger partial charge in [-0.15, -0.1) is 5.10 Å². The summed E-state index contributed by atoms with van der Waals surface area (Å²) < 4.78 is 40.3. The Balaban J connectivity index is 1.82. The first kappa shape index (κ1) is 17.8. The van der Waals surface area contributed by atoms with E-state index in [9.17, 15) is 22.8 Å². The van der Waals surface area contributed by atoms with E-state index in [1.165, 1.54) is 37.5 Å². The fourth-order valence-electron chi connectivity index (χ4n) is 2.94. The third-order valence-corrected chi connectivity index (χ3v) is 4.21. The van der Waals surface area contributed by atoms with Crippen LogP contribution in [0.15, 0.2) is 42.7 Å². The van der Waals surface area contributed by atoms with E-state index in [0.717, 1.165) is 9.58 Å². The molecule has 11 heteroatoms. The number of carbonyl (C=O) groups excluding carboxylic acids is 2. The summed E-state index contributed by atoms with van der Waals surface area (Å²) in [5.74, 6) is -3.11. The van der Waals surface area contributed by atoms with Crippen LogP contribution in [0.5, 0.6) is 0 Å². The van der Waals surface area contributed by atoms with Crippen LogP contribution in [0.25, 0.3) is 5.95 Å². The quantitative estimate of drug-likeness (QED) is 0.640. The summed E-state index contributed by atoms with van der Waals surface area (Å²) in [5, 5.41) is 3.45. The molecule has 1 aliphatic rings. The molecule has 28 heavy (non-hydrogen) atoms. The largest absolute Gasteiger partial charge is 0.453 e. The second kappa shape index (κ2) is 6.22. The summed E-state index contributed by atoms with van der Waals surface area (Å²) in [5.41, 5.74) is 0.356. The van der Waals surface area contributed by atoms with Gasteiger partial charge in [-0.05, 0) is 25.1 Å². The standard InChI is InChI=1S/C17H11F3N6O2/c1-9(25-13(27)10-5-2-3-6-11(10)14(25)28)12-23-15(17(18,19)20)24-26(12)16-21-7-4-8-22-16/h2-9H,1H3. The van der Waals surface area contributed by atoms with Crippen molar-refractivity contribution in [1.29, 1.82) is 0 Å². The van der Waals surface area contributed by atoms with Gasteiger partial charge in [0.05, 0.1) is 17.2 Å². The number of carbonyl (C=O) groups is 2. The Kier molecular flexibility index (Phi) is 3.95. The van der Waals surface area contributed by atoms with Gasteiger partial charge in [0, 0.05) is 12.4 Å². The second-order valence-electron chi connectivity index (χ2n) is 5.95. The summed E-state index contributed by atoms with van der Waals surface area (Å²) in [6, 6.07) is 6.50. The first-order valence-corrected chi connectivity index (χ1v) is 8.07. The normalized spacial score (nSPS) is 15.1. The van der Waals surface area contributed by atoms with Gasteiger partial charge in [0.2, 0.25) is 0 Å². The zero-order valence-corrected chi connectivity index (χ0v) is 14.3. The number of imide groups is 1. The van der Waals surface area contributed by atoms with Crippen molar-refractivity contribution < 1.29 is 22.8 Å². The monoisotopic (exact) mass is 388 g/mol. The van der Waals surface area contributed by atoms with Crippen molar-refractivity contribution in [3.05, 3.63) is 65.5 Å². The van der Waals surface area contributed by atoms with Crippen LogP contribution in [-0.2, 0) is 6.18 Å². The maximum Gasteiger partial charge on any atom is 0.453 e. The number of rotatable bonds is 3. The number of fused-ring (bicyclic) bond motifs is 1. The molecule has 3 aromatic rings. The zero-order chi connectivity index (χ0) is 20.1. The van der Waals surface area contributed by atoms with Gasteiger partial charge >= 0.3 is 6.18 Å². The molecule has 0 spiro atoms. The lowest BCUT2D eigenvalue weighted by atomic mass is 10.1. The third-order valence-electron chi connectivity index (χ3n) is 4.21. The van der Waals surface area contributed by atoms with Gasteiger partial charge in [-0.3, -0.25) is 14.5 Å². The maximum atomic E-state index is 13.2. The molecule has 1 aromatic carbocycles. The van der Waals surface area contributed by atoms with Gasteiger partial charge < -0.3 is 0 Å². The molecule has 1 unspecified atom stereocenters. The van der Waals surface area contributed by atoms with Crippen LogP contribution in [0.1, 0.15) is 45.3 Å². The van der Waals surface area contributed by atoms with Crippen molar-refractivity contribution in [2.45, 2.75) is 19.1 Å². The summed E-state index contributed by atoms with van der Waals surface area (Å²) in [6.07, 6.45) is -2.17. The Morgan fingerprint density at radius 1 is 0.964 bits per heavy atom. The minimum Gasteiger partial charge on any atom is -0.269 e. The molecular weight excluding hydrogens is 377 g/mol. The number of alkyl halides is 3. The molecule has 0 N–H and O–H groups in total. The number of halogens is 3. The second-order valence-corrected chi connectivity index (χ2v) is 5.95. The molecule has 0 radical (unpaired) electrons. The van der Waals surface area contributed by atoms with Crippen molar-refractivity contribution in [2.24, 2.45) is 0 Å². The molecule has 4 rings (SSSR count). The van der Waals surface area contributed by atoms with E-state index < -0.39 is 29.9 Å². The lowest BCUT2D eigenvalue weighted by Crippen LogP contribution is -2.34. The van der Waals surface area contributed by atoms with Gasteiger partial charge in [0.1, 0.15) is 0 Å². The van der Waals surface area contributed by atoms with Crippen molar-refractivity contribution in [1.82, 2.24) is 29.6 Å². The lowest BCUT2D eigenvalue weighted by molar-refractivity contribution is -0.144. The van der Waals surface area contributed by atoms with Gasteiger partial charge in [0.15, 0.2) is 5.82 Å². The molecular formula is C17H11F3N6O2. The van der Waals surface area contributed by atoms with Crippen LogP contribution >= 0.6 is 0 Å². The zero-order valence-electron chi connectivity index (χ0n) is 14.3. The highest BCUT2D eigenvalue weighted by atomic mass is 19.4. The average Bonchev–Trinajstić information content (AvgIpc) is 3.23. The highest BCUT2D eigenvalue weighted by Gasteiger charge is 2.43. The van der Waals surface area contributed by atoms with Crippen molar-refractivity contribution in [2.75, 3.05) is 0 Å². The van der Waals surface area contributed by atoms with Gasteiger partial charge in [-0.1, -0.05) is 12.1 Å². The topological polar surface area (TPSA) is 93.9 Å². The summed E-state index contributed by atoms with van der Waals surface area (Å²) >= 11 is 0. The molecule has 1 aliphatic heterocycles. The van der Waals surface area contributed by atoms with Crippen LogP contribution in [0.4, 0.5) is 13.2 Å². The molecule has 0 bridgehead atoms. The van der Waals surface area contributed by atoms with E-state index in [0.29, 0.717) is 0 Å². The predicted octanol–water partition coefficient (Wildman–Crippen LogP) is 2.43. The summed E-state index contributed by atoms with van der Waals surface area (Å²) in [6.45, 7) is 1.39. The summed E-state index contributed by atoms with van der Waals surface area (Å²) in [4.78, 5) is 37.5. The molecule has 0 fully saturated rings. The summed E-state index contributed by atoms with van der Waals surface area (Å²) in [7, 11) is 0. The van der Waals surface area contributed by atoms with Crippen molar-refractivity contribution in [3.63, 3.8) is 0 Å². The highest BCUT2D eigenvalue weighted by Crippen LogP contribution is 2.33. The molecule has 142 valence electrons. The fourth-order valence-corrected chi connectivity index (χ4v) is 2.94. The van der Waals surface area contributed by atoms with Crippen LogP contribution in [-0.4, -0.2) is 41.4 Å². The number of aromatic nitrogens is 5. The number of hydrogen-bond acceptors (Lipinski definition) is 6. The number of hydrogen-bond donors (Lipinski definition) is 0. The van der Waals surface area contributed by atoms with Gasteiger partial charge in [-0.2, -0.15) is 17.9 Å². The van der Waals surface area contributed by atoms with E-state index in [2.05, 4.69) is 20.1 Å². The van der Waals surface area contributed by atoms with Crippen LogP contribution < -0.4 is 0 Å². The first-order chi connectivity index (χ1) is 13.3. The predicted molar refractivity (Wildman–Crippen MR) is 87.3 cm³/mol. The van der Waals surface area contributed by atoms with E-state index in [-0.39, 0.29) is 22.9 Å². The number of amides is 2. The Bertz CT molecular complexity index is 1040. The number of benzene rings is 1. The van der Waals surface area contributed by atoms with Crippen LogP contribution in [0.2, 0.25) is 0 Å².